The molecule has 0 atom stereocenters. The van der Waals surface area contributed by atoms with E-state index in [1.807, 2.05) is 18.2 Å². The predicted octanol–water partition coefficient (Wildman–Crippen LogP) is 2.98. The summed E-state index contributed by atoms with van der Waals surface area (Å²) in [4.78, 5) is 4.39. The predicted molar refractivity (Wildman–Crippen MR) is 74.1 cm³/mol. The topological polar surface area (TPSA) is 34.1 Å². The zero-order valence-corrected chi connectivity index (χ0v) is 11.7. The molecule has 1 aliphatic carbocycles. The van der Waals surface area contributed by atoms with Crippen molar-refractivity contribution in [2.45, 2.75) is 32.2 Å². The van der Waals surface area contributed by atoms with Crippen LogP contribution in [0.4, 0.5) is 0 Å². The molecular formula is C14H21ClN2O. The molecule has 0 aliphatic heterocycles. The molecule has 1 heterocycles. The van der Waals surface area contributed by atoms with Crippen LogP contribution in [0.1, 0.15) is 31.4 Å². The molecular weight excluding hydrogens is 248 g/mol. The molecule has 0 aromatic carbocycles. The van der Waals surface area contributed by atoms with E-state index in [2.05, 4.69) is 10.3 Å². The van der Waals surface area contributed by atoms with Gasteiger partial charge in [-0.15, -0.1) is 11.6 Å². The zero-order chi connectivity index (χ0) is 12.8. The third kappa shape index (κ3) is 3.36. The van der Waals surface area contributed by atoms with E-state index in [4.69, 9.17) is 16.3 Å². The Morgan fingerprint density at radius 3 is 2.83 bits per heavy atom. The monoisotopic (exact) mass is 268 g/mol. The second-order valence-electron chi connectivity index (χ2n) is 5.12. The van der Waals surface area contributed by atoms with Crippen molar-refractivity contribution in [2.24, 2.45) is 5.41 Å². The summed E-state index contributed by atoms with van der Waals surface area (Å²) in [5.41, 5.74) is 1.32. The Morgan fingerprint density at radius 2 is 2.17 bits per heavy atom. The molecule has 18 heavy (non-hydrogen) atoms. The van der Waals surface area contributed by atoms with Crippen molar-refractivity contribution in [2.75, 3.05) is 19.5 Å². The highest BCUT2D eigenvalue weighted by molar-refractivity contribution is 6.18. The van der Waals surface area contributed by atoms with Crippen molar-refractivity contribution in [1.82, 2.24) is 10.3 Å². The largest absolute Gasteiger partial charge is 0.481 e. The maximum atomic E-state index is 6.12. The van der Waals surface area contributed by atoms with Crippen LogP contribution in [0.25, 0.3) is 0 Å². The number of hydrogen-bond donors (Lipinski definition) is 1. The Bertz CT molecular complexity index is 378. The molecule has 0 saturated heterocycles. The SMILES string of the molecule is COc1cccc(CNCC2(CCl)CCCC2)n1. The molecule has 4 heteroatoms. The summed E-state index contributed by atoms with van der Waals surface area (Å²) < 4.78 is 5.12. The third-order valence-electron chi connectivity index (χ3n) is 3.74. The lowest BCUT2D eigenvalue weighted by atomic mass is 9.88. The molecule has 0 radical (unpaired) electrons. The third-order valence-corrected chi connectivity index (χ3v) is 4.31. The van der Waals surface area contributed by atoms with Gasteiger partial charge in [-0.05, 0) is 24.3 Å². The molecule has 0 amide bonds. The summed E-state index contributed by atoms with van der Waals surface area (Å²) in [6.07, 6.45) is 5.11. The van der Waals surface area contributed by atoms with Gasteiger partial charge < -0.3 is 10.1 Å². The van der Waals surface area contributed by atoms with Gasteiger partial charge in [0.25, 0.3) is 0 Å². The minimum atomic E-state index is 0.306. The van der Waals surface area contributed by atoms with Crippen LogP contribution in [0.5, 0.6) is 5.88 Å². The first-order valence-corrected chi connectivity index (χ1v) is 7.08. The van der Waals surface area contributed by atoms with Gasteiger partial charge in [0.2, 0.25) is 5.88 Å². The minimum Gasteiger partial charge on any atom is -0.481 e. The zero-order valence-electron chi connectivity index (χ0n) is 10.9. The van der Waals surface area contributed by atoms with Crippen LogP contribution in [0.15, 0.2) is 18.2 Å². The van der Waals surface area contributed by atoms with Crippen molar-refractivity contribution in [3.8, 4) is 5.88 Å². The molecule has 1 aromatic rings. The van der Waals surface area contributed by atoms with E-state index in [0.29, 0.717) is 11.3 Å². The van der Waals surface area contributed by atoms with Gasteiger partial charge in [0.05, 0.1) is 12.8 Å². The van der Waals surface area contributed by atoms with Crippen LogP contribution in [-0.4, -0.2) is 24.5 Å². The number of nitrogens with one attached hydrogen (secondary N) is 1. The first kappa shape index (κ1) is 13.6. The Balaban J connectivity index is 1.84. The summed E-state index contributed by atoms with van der Waals surface area (Å²) in [5.74, 6) is 1.42. The number of pyridine rings is 1. The van der Waals surface area contributed by atoms with Gasteiger partial charge in [0.15, 0.2) is 0 Å². The Hall–Kier alpha value is -0.800. The maximum Gasteiger partial charge on any atom is 0.213 e. The van der Waals surface area contributed by atoms with Crippen LogP contribution in [0, 0.1) is 5.41 Å². The molecule has 1 aliphatic rings. The van der Waals surface area contributed by atoms with E-state index >= 15 is 0 Å². The van der Waals surface area contributed by atoms with Gasteiger partial charge in [-0.3, -0.25) is 0 Å². The molecule has 1 fully saturated rings. The fourth-order valence-corrected chi connectivity index (χ4v) is 2.97. The lowest BCUT2D eigenvalue weighted by Gasteiger charge is -2.26. The first-order chi connectivity index (χ1) is 8.78. The molecule has 2 rings (SSSR count). The quantitative estimate of drug-likeness (QED) is 0.806. The second-order valence-corrected chi connectivity index (χ2v) is 5.38. The Labute approximate surface area is 114 Å². The average Bonchev–Trinajstić information content (AvgIpc) is 2.88. The summed E-state index contributed by atoms with van der Waals surface area (Å²) >= 11 is 6.12. The van der Waals surface area contributed by atoms with E-state index < -0.39 is 0 Å². The number of alkyl halides is 1. The van der Waals surface area contributed by atoms with Crippen molar-refractivity contribution >= 4 is 11.6 Å². The number of nitrogens with zero attached hydrogens (tertiary/aromatic N) is 1. The molecule has 1 saturated carbocycles. The lowest BCUT2D eigenvalue weighted by Crippen LogP contribution is -2.33. The molecule has 0 bridgehead atoms. The lowest BCUT2D eigenvalue weighted by molar-refractivity contribution is 0.319. The second kappa shape index (κ2) is 6.39. The van der Waals surface area contributed by atoms with Gasteiger partial charge in [-0.1, -0.05) is 18.9 Å². The van der Waals surface area contributed by atoms with Crippen LogP contribution in [-0.2, 0) is 6.54 Å². The number of hydrogen-bond acceptors (Lipinski definition) is 3. The Morgan fingerprint density at radius 1 is 1.39 bits per heavy atom. The van der Waals surface area contributed by atoms with Crippen LogP contribution < -0.4 is 10.1 Å². The van der Waals surface area contributed by atoms with Gasteiger partial charge in [0.1, 0.15) is 0 Å². The number of methoxy groups -OCH3 is 1. The highest BCUT2D eigenvalue weighted by Gasteiger charge is 2.32. The van der Waals surface area contributed by atoms with Gasteiger partial charge >= 0.3 is 0 Å². The number of rotatable bonds is 6. The number of halogens is 1. The molecule has 3 nitrogen and oxygen atoms in total. The van der Waals surface area contributed by atoms with E-state index in [1.165, 1.54) is 25.7 Å². The van der Waals surface area contributed by atoms with E-state index in [1.54, 1.807) is 7.11 Å². The molecule has 0 spiro atoms. The van der Waals surface area contributed by atoms with Crippen molar-refractivity contribution in [3.63, 3.8) is 0 Å². The van der Waals surface area contributed by atoms with E-state index in [-0.39, 0.29) is 0 Å². The fraction of sp³-hybridized carbons (Fsp3) is 0.643. The summed E-state index contributed by atoms with van der Waals surface area (Å²) in [5, 5.41) is 3.48. The summed E-state index contributed by atoms with van der Waals surface area (Å²) in [7, 11) is 1.64. The number of aromatic nitrogens is 1. The Kier molecular flexibility index (Phi) is 4.84. The van der Waals surface area contributed by atoms with E-state index in [0.717, 1.165) is 24.7 Å². The normalized spacial score (nSPS) is 17.9. The highest BCUT2D eigenvalue weighted by atomic mass is 35.5. The van der Waals surface area contributed by atoms with Gasteiger partial charge in [0, 0.05) is 25.0 Å². The van der Waals surface area contributed by atoms with Gasteiger partial charge in [-0.2, -0.15) is 0 Å². The fourth-order valence-electron chi connectivity index (χ4n) is 2.61. The molecule has 0 unspecified atom stereocenters. The smallest absolute Gasteiger partial charge is 0.213 e. The van der Waals surface area contributed by atoms with E-state index in [9.17, 15) is 0 Å². The van der Waals surface area contributed by atoms with Crippen LogP contribution >= 0.6 is 11.6 Å². The van der Waals surface area contributed by atoms with Gasteiger partial charge in [-0.25, -0.2) is 4.98 Å². The summed E-state index contributed by atoms with van der Waals surface area (Å²) in [6.45, 7) is 1.76. The van der Waals surface area contributed by atoms with Crippen molar-refractivity contribution in [3.05, 3.63) is 23.9 Å². The van der Waals surface area contributed by atoms with Crippen molar-refractivity contribution < 1.29 is 4.74 Å². The number of ether oxygens (including phenoxy) is 1. The average molecular weight is 269 g/mol. The molecule has 1 N–H and O–H groups in total. The maximum absolute atomic E-state index is 6.12. The first-order valence-electron chi connectivity index (χ1n) is 6.55. The van der Waals surface area contributed by atoms with Crippen LogP contribution in [0.3, 0.4) is 0 Å². The minimum absolute atomic E-state index is 0.306. The van der Waals surface area contributed by atoms with Crippen molar-refractivity contribution in [1.29, 1.82) is 0 Å². The standard InChI is InChI=1S/C14H21ClN2O/c1-18-13-6-4-5-12(17-13)9-16-11-14(10-15)7-2-3-8-14/h4-6,16H,2-3,7-11H2,1H3. The molecule has 1 aromatic heterocycles. The highest BCUT2D eigenvalue weighted by Crippen LogP contribution is 2.38. The van der Waals surface area contributed by atoms with Crippen LogP contribution in [0.2, 0.25) is 0 Å². The summed E-state index contributed by atoms with van der Waals surface area (Å²) in [6, 6.07) is 5.84. The molecule has 100 valence electrons.